The van der Waals surface area contributed by atoms with Gasteiger partial charge in [-0.05, 0) is 31.2 Å². The van der Waals surface area contributed by atoms with Crippen molar-refractivity contribution in [1.82, 2.24) is 0 Å². The summed E-state index contributed by atoms with van der Waals surface area (Å²) in [4.78, 5) is 16.2. The van der Waals surface area contributed by atoms with Crippen molar-refractivity contribution in [3.05, 3.63) is 51.7 Å². The lowest BCUT2D eigenvalue weighted by atomic mass is 10.1. The number of thiophene rings is 1. The molecule has 17 heavy (non-hydrogen) atoms. The van der Waals surface area contributed by atoms with Crippen molar-refractivity contribution in [3.8, 4) is 0 Å². The van der Waals surface area contributed by atoms with E-state index in [9.17, 15) is 4.79 Å². The van der Waals surface area contributed by atoms with E-state index < -0.39 is 0 Å². The van der Waals surface area contributed by atoms with Gasteiger partial charge in [-0.1, -0.05) is 12.1 Å². The van der Waals surface area contributed by atoms with Crippen molar-refractivity contribution < 1.29 is 4.79 Å². The van der Waals surface area contributed by atoms with Gasteiger partial charge >= 0.3 is 0 Å². The standard InChI is InChI=1S/C14H15NOS/c1-10-7-8-13(17-10)14(16)11-5-4-6-12(9-11)15(2)3/h4-9H,1-3H3. The molecule has 0 spiro atoms. The van der Waals surface area contributed by atoms with E-state index in [2.05, 4.69) is 0 Å². The molecule has 0 radical (unpaired) electrons. The minimum Gasteiger partial charge on any atom is -0.378 e. The number of hydrogen-bond acceptors (Lipinski definition) is 3. The van der Waals surface area contributed by atoms with Crippen molar-refractivity contribution in [3.63, 3.8) is 0 Å². The van der Waals surface area contributed by atoms with Crippen LogP contribution in [-0.4, -0.2) is 19.9 Å². The zero-order valence-electron chi connectivity index (χ0n) is 10.2. The van der Waals surface area contributed by atoms with Gasteiger partial charge in [0.1, 0.15) is 0 Å². The van der Waals surface area contributed by atoms with Crippen molar-refractivity contribution in [2.24, 2.45) is 0 Å². The van der Waals surface area contributed by atoms with Crippen LogP contribution in [0.4, 0.5) is 5.69 Å². The van der Waals surface area contributed by atoms with E-state index in [1.54, 1.807) is 11.3 Å². The summed E-state index contributed by atoms with van der Waals surface area (Å²) >= 11 is 1.54. The molecule has 0 bridgehead atoms. The Hall–Kier alpha value is -1.61. The summed E-state index contributed by atoms with van der Waals surface area (Å²) in [6.07, 6.45) is 0. The van der Waals surface area contributed by atoms with Gasteiger partial charge in [-0.15, -0.1) is 11.3 Å². The van der Waals surface area contributed by atoms with E-state index in [4.69, 9.17) is 0 Å². The van der Waals surface area contributed by atoms with E-state index in [1.807, 2.05) is 62.3 Å². The number of benzene rings is 1. The third-order valence-corrected chi connectivity index (χ3v) is 3.59. The summed E-state index contributed by atoms with van der Waals surface area (Å²) in [7, 11) is 3.94. The van der Waals surface area contributed by atoms with Crippen LogP contribution in [0.1, 0.15) is 20.1 Å². The van der Waals surface area contributed by atoms with Crippen molar-refractivity contribution in [2.75, 3.05) is 19.0 Å². The topological polar surface area (TPSA) is 20.3 Å². The maximum Gasteiger partial charge on any atom is 0.203 e. The molecule has 0 atom stereocenters. The fraction of sp³-hybridized carbons (Fsp3) is 0.214. The lowest BCUT2D eigenvalue weighted by Crippen LogP contribution is -2.09. The smallest absolute Gasteiger partial charge is 0.203 e. The molecule has 0 aliphatic rings. The molecule has 0 aliphatic carbocycles. The average Bonchev–Trinajstić information content (AvgIpc) is 2.75. The van der Waals surface area contributed by atoms with Gasteiger partial charge in [-0.25, -0.2) is 0 Å². The number of carbonyl (C=O) groups is 1. The highest BCUT2D eigenvalue weighted by atomic mass is 32.1. The molecular weight excluding hydrogens is 230 g/mol. The van der Waals surface area contributed by atoms with E-state index >= 15 is 0 Å². The molecule has 0 N–H and O–H groups in total. The molecule has 2 aromatic rings. The predicted octanol–water partition coefficient (Wildman–Crippen LogP) is 3.35. The Labute approximate surface area is 106 Å². The van der Waals surface area contributed by atoms with Crippen LogP contribution in [0.15, 0.2) is 36.4 Å². The van der Waals surface area contributed by atoms with Gasteiger partial charge in [0.05, 0.1) is 4.88 Å². The minimum absolute atomic E-state index is 0.104. The largest absolute Gasteiger partial charge is 0.378 e. The Kier molecular flexibility index (Phi) is 3.29. The summed E-state index contributed by atoms with van der Waals surface area (Å²) in [5.41, 5.74) is 1.79. The second kappa shape index (κ2) is 4.72. The Bertz CT molecular complexity index is 543. The van der Waals surface area contributed by atoms with Crippen LogP contribution >= 0.6 is 11.3 Å². The second-order valence-electron chi connectivity index (χ2n) is 4.18. The number of ketones is 1. The zero-order valence-corrected chi connectivity index (χ0v) is 11.0. The molecule has 1 aromatic heterocycles. The third-order valence-electron chi connectivity index (χ3n) is 2.59. The summed E-state index contributed by atoms with van der Waals surface area (Å²) in [6.45, 7) is 2.01. The van der Waals surface area contributed by atoms with Crippen LogP contribution in [-0.2, 0) is 0 Å². The van der Waals surface area contributed by atoms with Crippen LogP contribution in [0, 0.1) is 6.92 Å². The second-order valence-corrected chi connectivity index (χ2v) is 5.47. The molecule has 0 unspecified atom stereocenters. The SMILES string of the molecule is Cc1ccc(C(=O)c2cccc(N(C)C)c2)s1. The van der Waals surface area contributed by atoms with E-state index in [0.717, 1.165) is 21.0 Å². The van der Waals surface area contributed by atoms with Crippen LogP contribution in [0.2, 0.25) is 0 Å². The molecule has 0 fully saturated rings. The first-order chi connectivity index (χ1) is 8.08. The summed E-state index contributed by atoms with van der Waals surface area (Å²) < 4.78 is 0. The minimum atomic E-state index is 0.104. The maximum atomic E-state index is 12.2. The number of aryl methyl sites for hydroxylation is 1. The first-order valence-electron chi connectivity index (χ1n) is 5.46. The van der Waals surface area contributed by atoms with Gasteiger partial charge in [0, 0.05) is 30.2 Å². The summed E-state index contributed by atoms with van der Waals surface area (Å²) in [5.74, 6) is 0.104. The fourth-order valence-corrected chi connectivity index (χ4v) is 2.45. The van der Waals surface area contributed by atoms with Crippen molar-refractivity contribution in [1.29, 1.82) is 0 Å². The molecule has 1 aromatic carbocycles. The molecule has 0 saturated carbocycles. The van der Waals surface area contributed by atoms with Gasteiger partial charge in [0.25, 0.3) is 0 Å². The highest BCUT2D eigenvalue weighted by molar-refractivity contribution is 7.14. The molecule has 2 nitrogen and oxygen atoms in total. The Morgan fingerprint density at radius 3 is 2.53 bits per heavy atom. The highest BCUT2D eigenvalue weighted by Crippen LogP contribution is 2.21. The van der Waals surface area contributed by atoms with Crippen LogP contribution in [0.3, 0.4) is 0 Å². The number of nitrogens with zero attached hydrogens (tertiary/aromatic N) is 1. The van der Waals surface area contributed by atoms with Crippen molar-refractivity contribution >= 4 is 22.8 Å². The molecular formula is C14H15NOS. The van der Waals surface area contributed by atoms with E-state index in [0.29, 0.717) is 0 Å². The van der Waals surface area contributed by atoms with Crippen LogP contribution < -0.4 is 4.90 Å². The third kappa shape index (κ3) is 2.56. The zero-order chi connectivity index (χ0) is 12.4. The molecule has 2 rings (SSSR count). The van der Waals surface area contributed by atoms with E-state index in [1.165, 1.54) is 0 Å². The lowest BCUT2D eigenvalue weighted by Gasteiger charge is -2.12. The van der Waals surface area contributed by atoms with Gasteiger partial charge < -0.3 is 4.90 Å². The first kappa shape index (κ1) is 11.9. The van der Waals surface area contributed by atoms with Gasteiger partial charge in [-0.3, -0.25) is 4.79 Å². The number of hydrogen-bond donors (Lipinski definition) is 0. The normalized spacial score (nSPS) is 10.3. The molecule has 0 saturated heterocycles. The molecule has 3 heteroatoms. The van der Waals surface area contributed by atoms with Gasteiger partial charge in [0.15, 0.2) is 0 Å². The van der Waals surface area contributed by atoms with E-state index in [-0.39, 0.29) is 5.78 Å². The van der Waals surface area contributed by atoms with Gasteiger partial charge in [0.2, 0.25) is 5.78 Å². The summed E-state index contributed by atoms with van der Waals surface area (Å²) in [5, 5.41) is 0. The fourth-order valence-electron chi connectivity index (χ4n) is 1.62. The quantitative estimate of drug-likeness (QED) is 0.773. The Balaban J connectivity index is 2.34. The Morgan fingerprint density at radius 2 is 1.94 bits per heavy atom. The first-order valence-corrected chi connectivity index (χ1v) is 6.28. The lowest BCUT2D eigenvalue weighted by molar-refractivity contribution is 0.104. The molecule has 88 valence electrons. The highest BCUT2D eigenvalue weighted by Gasteiger charge is 2.11. The predicted molar refractivity (Wildman–Crippen MR) is 73.3 cm³/mol. The van der Waals surface area contributed by atoms with Crippen molar-refractivity contribution in [2.45, 2.75) is 6.92 Å². The molecule has 1 heterocycles. The van der Waals surface area contributed by atoms with Gasteiger partial charge in [-0.2, -0.15) is 0 Å². The number of rotatable bonds is 3. The van der Waals surface area contributed by atoms with Crippen LogP contribution in [0.25, 0.3) is 0 Å². The number of carbonyl (C=O) groups excluding carboxylic acids is 1. The maximum absolute atomic E-state index is 12.2. The molecule has 0 aliphatic heterocycles. The number of anilines is 1. The molecule has 0 amide bonds. The average molecular weight is 245 g/mol. The monoisotopic (exact) mass is 245 g/mol. The summed E-state index contributed by atoms with van der Waals surface area (Å²) in [6, 6.07) is 11.6. The van der Waals surface area contributed by atoms with Crippen LogP contribution in [0.5, 0.6) is 0 Å². The Morgan fingerprint density at radius 1 is 1.18 bits per heavy atom.